The van der Waals surface area contributed by atoms with E-state index in [4.69, 9.17) is 5.11 Å². The quantitative estimate of drug-likeness (QED) is 0.842. The molecule has 0 aliphatic rings. The molecular weight excluding hydrogens is 232 g/mol. The number of hydrogen-bond acceptors (Lipinski definition) is 3. The Kier molecular flexibility index (Phi) is 3.71. The van der Waals surface area contributed by atoms with Gasteiger partial charge < -0.3 is 5.11 Å². The number of aliphatic hydroxyl groups excluding tert-OH is 1. The molecule has 2 aromatic rings. The molecule has 1 atom stereocenters. The van der Waals surface area contributed by atoms with Crippen LogP contribution in [0, 0.1) is 0 Å². The van der Waals surface area contributed by atoms with E-state index in [-0.39, 0.29) is 18.3 Å². The lowest BCUT2D eigenvalue weighted by molar-refractivity contribution is 0.104. The molecule has 1 aromatic carbocycles. The predicted octanol–water partition coefficient (Wildman–Crippen LogP) is 3.07. The molecule has 0 radical (unpaired) electrons. The first-order valence-electron chi connectivity index (χ1n) is 5.52. The molecule has 88 valence electrons. The van der Waals surface area contributed by atoms with Gasteiger partial charge in [-0.15, -0.1) is 11.3 Å². The van der Waals surface area contributed by atoms with Crippen molar-refractivity contribution in [3.8, 4) is 0 Å². The summed E-state index contributed by atoms with van der Waals surface area (Å²) in [6, 6.07) is 13.0. The summed E-state index contributed by atoms with van der Waals surface area (Å²) in [5, 5.41) is 9.07. The van der Waals surface area contributed by atoms with Gasteiger partial charge in [0.2, 0.25) is 5.78 Å². The molecule has 0 spiro atoms. The van der Waals surface area contributed by atoms with E-state index in [1.807, 2.05) is 49.4 Å². The third-order valence-electron chi connectivity index (χ3n) is 2.65. The second kappa shape index (κ2) is 5.25. The molecule has 2 nitrogen and oxygen atoms in total. The van der Waals surface area contributed by atoms with Gasteiger partial charge in [-0.05, 0) is 12.1 Å². The first kappa shape index (κ1) is 12.0. The second-order valence-corrected chi connectivity index (χ2v) is 5.10. The zero-order valence-corrected chi connectivity index (χ0v) is 10.4. The Labute approximate surface area is 105 Å². The van der Waals surface area contributed by atoms with Gasteiger partial charge in [0.15, 0.2) is 0 Å². The molecule has 2 rings (SSSR count). The summed E-state index contributed by atoms with van der Waals surface area (Å²) in [7, 11) is 0. The molecule has 3 heteroatoms. The van der Waals surface area contributed by atoms with Crippen molar-refractivity contribution in [2.45, 2.75) is 12.8 Å². The number of carbonyl (C=O) groups excluding carboxylic acids is 1. The largest absolute Gasteiger partial charge is 0.396 e. The molecular formula is C14H14O2S. The molecule has 17 heavy (non-hydrogen) atoms. The molecule has 0 fully saturated rings. The molecule has 1 N–H and O–H groups in total. The summed E-state index contributed by atoms with van der Waals surface area (Å²) in [6.45, 7) is 2.06. The van der Waals surface area contributed by atoms with Crippen LogP contribution in [0.3, 0.4) is 0 Å². The summed E-state index contributed by atoms with van der Waals surface area (Å²) >= 11 is 1.46. The van der Waals surface area contributed by atoms with Crippen molar-refractivity contribution >= 4 is 17.1 Å². The Balaban J connectivity index is 2.24. The number of rotatable bonds is 4. The number of ketones is 1. The number of benzene rings is 1. The van der Waals surface area contributed by atoms with Gasteiger partial charge in [-0.3, -0.25) is 4.79 Å². The molecule has 0 aliphatic carbocycles. The topological polar surface area (TPSA) is 37.3 Å². The van der Waals surface area contributed by atoms with Crippen LogP contribution in [0.15, 0.2) is 42.5 Å². The maximum absolute atomic E-state index is 12.1. The molecule has 0 saturated heterocycles. The van der Waals surface area contributed by atoms with Gasteiger partial charge in [0, 0.05) is 16.4 Å². The number of aliphatic hydroxyl groups is 1. The summed E-state index contributed by atoms with van der Waals surface area (Å²) in [6.07, 6.45) is 0. The van der Waals surface area contributed by atoms with E-state index in [0.717, 1.165) is 9.75 Å². The van der Waals surface area contributed by atoms with Crippen LogP contribution in [-0.4, -0.2) is 17.5 Å². The van der Waals surface area contributed by atoms with Crippen molar-refractivity contribution in [1.29, 1.82) is 0 Å². The number of hydrogen-bond donors (Lipinski definition) is 1. The fourth-order valence-corrected chi connectivity index (χ4v) is 2.57. The standard InChI is InChI=1S/C14H14O2S/c1-10(9-15)12-7-8-13(17-12)14(16)11-5-3-2-4-6-11/h2-8,10,15H,9H2,1H3/t10-/m0/s1. The Morgan fingerprint density at radius 2 is 1.94 bits per heavy atom. The van der Waals surface area contributed by atoms with Gasteiger partial charge in [-0.2, -0.15) is 0 Å². The average molecular weight is 246 g/mol. The SMILES string of the molecule is C[C@@H](CO)c1ccc(C(=O)c2ccccc2)s1. The maximum Gasteiger partial charge on any atom is 0.202 e. The second-order valence-electron chi connectivity index (χ2n) is 3.98. The normalized spacial score (nSPS) is 12.4. The lowest BCUT2D eigenvalue weighted by Crippen LogP contribution is -1.97. The molecule has 0 amide bonds. The van der Waals surface area contributed by atoms with Gasteiger partial charge in [-0.1, -0.05) is 37.3 Å². The lowest BCUT2D eigenvalue weighted by Gasteiger charge is -2.02. The van der Waals surface area contributed by atoms with Crippen molar-refractivity contribution in [1.82, 2.24) is 0 Å². The van der Waals surface area contributed by atoms with Crippen LogP contribution in [0.5, 0.6) is 0 Å². The minimum atomic E-state index is 0.0481. The van der Waals surface area contributed by atoms with Crippen LogP contribution in [0.4, 0.5) is 0 Å². The number of carbonyl (C=O) groups is 1. The van der Waals surface area contributed by atoms with Gasteiger partial charge in [0.05, 0.1) is 11.5 Å². The molecule has 1 heterocycles. The average Bonchev–Trinajstić information content (AvgIpc) is 2.87. The number of thiophene rings is 1. The Morgan fingerprint density at radius 3 is 2.59 bits per heavy atom. The fourth-order valence-electron chi connectivity index (χ4n) is 1.56. The Hall–Kier alpha value is -1.45. The smallest absolute Gasteiger partial charge is 0.202 e. The molecule has 0 bridgehead atoms. The highest BCUT2D eigenvalue weighted by atomic mass is 32.1. The predicted molar refractivity (Wildman–Crippen MR) is 69.7 cm³/mol. The fraction of sp³-hybridized carbons (Fsp3) is 0.214. The first-order chi connectivity index (χ1) is 8.22. The highest BCUT2D eigenvalue weighted by Gasteiger charge is 2.13. The van der Waals surface area contributed by atoms with Gasteiger partial charge in [0.1, 0.15) is 0 Å². The van der Waals surface area contributed by atoms with Crippen LogP contribution in [0.1, 0.15) is 33.0 Å². The molecule has 1 aromatic heterocycles. The van der Waals surface area contributed by atoms with E-state index in [1.54, 1.807) is 0 Å². The van der Waals surface area contributed by atoms with Crippen molar-refractivity contribution in [3.05, 3.63) is 57.8 Å². The summed E-state index contributed by atoms with van der Waals surface area (Å²) in [5.74, 6) is 0.143. The highest BCUT2D eigenvalue weighted by molar-refractivity contribution is 7.14. The summed E-state index contributed by atoms with van der Waals surface area (Å²) < 4.78 is 0. The maximum atomic E-state index is 12.1. The Morgan fingerprint density at radius 1 is 1.24 bits per heavy atom. The highest BCUT2D eigenvalue weighted by Crippen LogP contribution is 2.26. The summed E-state index contributed by atoms with van der Waals surface area (Å²) in [5.41, 5.74) is 0.706. The van der Waals surface area contributed by atoms with Crippen molar-refractivity contribution in [3.63, 3.8) is 0 Å². The zero-order chi connectivity index (χ0) is 12.3. The third kappa shape index (κ3) is 2.62. The van der Waals surface area contributed by atoms with E-state index in [1.165, 1.54) is 11.3 Å². The van der Waals surface area contributed by atoms with Gasteiger partial charge >= 0.3 is 0 Å². The van der Waals surface area contributed by atoms with E-state index in [9.17, 15) is 4.79 Å². The zero-order valence-electron chi connectivity index (χ0n) is 9.59. The van der Waals surface area contributed by atoms with Crippen LogP contribution < -0.4 is 0 Å². The van der Waals surface area contributed by atoms with E-state index < -0.39 is 0 Å². The third-order valence-corrected chi connectivity index (χ3v) is 3.96. The van der Waals surface area contributed by atoms with Crippen LogP contribution >= 0.6 is 11.3 Å². The summed E-state index contributed by atoms with van der Waals surface area (Å²) in [4.78, 5) is 13.9. The van der Waals surface area contributed by atoms with Gasteiger partial charge in [0.25, 0.3) is 0 Å². The Bertz CT molecular complexity index is 502. The van der Waals surface area contributed by atoms with Crippen molar-refractivity contribution in [2.24, 2.45) is 0 Å². The molecule has 0 saturated carbocycles. The molecule has 0 unspecified atom stereocenters. The van der Waals surface area contributed by atoms with E-state index >= 15 is 0 Å². The van der Waals surface area contributed by atoms with E-state index in [0.29, 0.717) is 5.56 Å². The minimum absolute atomic E-state index is 0.0481. The van der Waals surface area contributed by atoms with Crippen molar-refractivity contribution in [2.75, 3.05) is 6.61 Å². The van der Waals surface area contributed by atoms with Crippen LogP contribution in [-0.2, 0) is 0 Å². The van der Waals surface area contributed by atoms with Gasteiger partial charge in [-0.25, -0.2) is 0 Å². The molecule has 0 aliphatic heterocycles. The van der Waals surface area contributed by atoms with E-state index in [2.05, 4.69) is 0 Å². The van der Waals surface area contributed by atoms with Crippen LogP contribution in [0.25, 0.3) is 0 Å². The monoisotopic (exact) mass is 246 g/mol. The van der Waals surface area contributed by atoms with Crippen molar-refractivity contribution < 1.29 is 9.90 Å². The minimum Gasteiger partial charge on any atom is -0.396 e. The van der Waals surface area contributed by atoms with Crippen LogP contribution in [0.2, 0.25) is 0 Å². The lowest BCUT2D eigenvalue weighted by atomic mass is 10.1. The first-order valence-corrected chi connectivity index (χ1v) is 6.34.